The summed E-state index contributed by atoms with van der Waals surface area (Å²) >= 11 is 0. The van der Waals surface area contributed by atoms with Gasteiger partial charge < -0.3 is 0 Å². The molecular formula is C17H15F3N2O2. The van der Waals surface area contributed by atoms with Crippen molar-refractivity contribution in [3.8, 4) is 0 Å². The van der Waals surface area contributed by atoms with Gasteiger partial charge in [-0.2, -0.15) is 0 Å². The van der Waals surface area contributed by atoms with Gasteiger partial charge in [0.05, 0.1) is 12.5 Å². The molecule has 0 spiro atoms. The molecule has 126 valence electrons. The molecule has 2 aromatic rings. The van der Waals surface area contributed by atoms with Crippen molar-refractivity contribution in [3.05, 3.63) is 81.2 Å². The van der Waals surface area contributed by atoms with Crippen LogP contribution in [0, 0.1) is 27.6 Å². The molecule has 1 heterocycles. The quantitative estimate of drug-likeness (QED) is 0.489. The summed E-state index contributed by atoms with van der Waals surface area (Å²) in [7, 11) is 0. The van der Waals surface area contributed by atoms with Crippen molar-refractivity contribution in [2.75, 3.05) is 13.1 Å². The van der Waals surface area contributed by atoms with Crippen molar-refractivity contribution in [2.45, 2.75) is 18.5 Å². The lowest BCUT2D eigenvalue weighted by atomic mass is 9.94. The molecule has 0 bridgehead atoms. The van der Waals surface area contributed by atoms with E-state index in [0.717, 1.165) is 11.6 Å². The lowest BCUT2D eigenvalue weighted by Crippen LogP contribution is -2.28. The fourth-order valence-corrected chi connectivity index (χ4v) is 3.18. The lowest BCUT2D eigenvalue weighted by molar-refractivity contribution is -0.521. The Morgan fingerprint density at radius 3 is 2.38 bits per heavy atom. The van der Waals surface area contributed by atoms with Gasteiger partial charge in [0, 0.05) is 29.6 Å². The summed E-state index contributed by atoms with van der Waals surface area (Å²) in [6.07, 6.45) is 0. The molecule has 0 aliphatic carbocycles. The molecule has 4 nitrogen and oxygen atoms in total. The van der Waals surface area contributed by atoms with E-state index in [4.69, 9.17) is 0 Å². The summed E-state index contributed by atoms with van der Waals surface area (Å²) in [4.78, 5) is 12.7. The minimum atomic E-state index is -1.30. The van der Waals surface area contributed by atoms with Crippen molar-refractivity contribution >= 4 is 0 Å². The smallest absolute Gasteiger partial charge is 0.233 e. The normalized spacial score (nSPS) is 21.1. The van der Waals surface area contributed by atoms with Gasteiger partial charge in [0.1, 0.15) is 5.82 Å². The molecule has 2 aromatic carbocycles. The average molecular weight is 336 g/mol. The highest BCUT2D eigenvalue weighted by molar-refractivity contribution is 5.27. The van der Waals surface area contributed by atoms with Gasteiger partial charge in [-0.25, -0.2) is 13.2 Å². The Balaban J connectivity index is 1.86. The van der Waals surface area contributed by atoms with E-state index < -0.39 is 34.3 Å². The molecular weight excluding hydrogens is 321 g/mol. The van der Waals surface area contributed by atoms with Crippen molar-refractivity contribution < 1.29 is 18.1 Å². The first-order chi connectivity index (χ1) is 11.5. The van der Waals surface area contributed by atoms with Crippen LogP contribution in [0.4, 0.5) is 13.2 Å². The van der Waals surface area contributed by atoms with E-state index in [2.05, 4.69) is 0 Å². The number of nitrogens with zero attached hydrogens (tertiary/aromatic N) is 2. The van der Waals surface area contributed by atoms with Crippen molar-refractivity contribution in [3.63, 3.8) is 0 Å². The number of nitro groups is 1. The molecule has 24 heavy (non-hydrogen) atoms. The Morgan fingerprint density at radius 2 is 1.71 bits per heavy atom. The zero-order valence-electron chi connectivity index (χ0n) is 12.7. The standard InChI is InChI=1S/C17H15F3N2O2/c18-14-7-16(20)15(19)6-12(14)13-9-21(10-17(13)22(23)24)8-11-4-2-1-3-5-11/h1-7,13,17H,8-10H2/t13-,17+/m1/s1. The topological polar surface area (TPSA) is 46.4 Å². The van der Waals surface area contributed by atoms with E-state index in [0.29, 0.717) is 12.6 Å². The lowest BCUT2D eigenvalue weighted by Gasteiger charge is -2.15. The third kappa shape index (κ3) is 3.26. The largest absolute Gasteiger partial charge is 0.292 e. The van der Waals surface area contributed by atoms with Crippen LogP contribution in [0.1, 0.15) is 17.0 Å². The van der Waals surface area contributed by atoms with Crippen molar-refractivity contribution in [2.24, 2.45) is 0 Å². The molecule has 0 saturated carbocycles. The second kappa shape index (κ2) is 6.60. The fraction of sp³-hybridized carbons (Fsp3) is 0.294. The van der Waals surface area contributed by atoms with Gasteiger partial charge in [0.15, 0.2) is 11.6 Å². The Labute approximate surface area is 136 Å². The van der Waals surface area contributed by atoms with Crippen molar-refractivity contribution in [1.29, 1.82) is 0 Å². The van der Waals surface area contributed by atoms with Gasteiger partial charge in [0.25, 0.3) is 0 Å². The molecule has 1 aliphatic rings. The van der Waals surface area contributed by atoms with Crippen LogP contribution in [0.5, 0.6) is 0 Å². The third-order valence-corrected chi connectivity index (χ3v) is 4.32. The minimum absolute atomic E-state index is 0.130. The van der Waals surface area contributed by atoms with Gasteiger partial charge in [-0.05, 0) is 11.6 Å². The molecule has 1 aliphatic heterocycles. The number of halogens is 3. The zero-order valence-corrected chi connectivity index (χ0v) is 12.7. The average Bonchev–Trinajstić information content (AvgIpc) is 2.96. The predicted molar refractivity (Wildman–Crippen MR) is 81.6 cm³/mol. The van der Waals surface area contributed by atoms with E-state index in [1.807, 2.05) is 35.2 Å². The Hall–Kier alpha value is -2.41. The second-order valence-corrected chi connectivity index (χ2v) is 5.93. The minimum Gasteiger partial charge on any atom is -0.292 e. The monoisotopic (exact) mass is 336 g/mol. The number of hydrogen-bond acceptors (Lipinski definition) is 3. The van der Waals surface area contributed by atoms with Crippen LogP contribution in [0.3, 0.4) is 0 Å². The summed E-state index contributed by atoms with van der Waals surface area (Å²) in [5.41, 5.74) is 0.831. The summed E-state index contributed by atoms with van der Waals surface area (Å²) in [6, 6.07) is 9.50. The first-order valence-corrected chi connectivity index (χ1v) is 7.50. The van der Waals surface area contributed by atoms with Gasteiger partial charge in [-0.1, -0.05) is 30.3 Å². The van der Waals surface area contributed by atoms with E-state index >= 15 is 0 Å². The van der Waals surface area contributed by atoms with Gasteiger partial charge >= 0.3 is 0 Å². The summed E-state index contributed by atoms with van der Waals surface area (Å²) in [5, 5.41) is 11.3. The highest BCUT2D eigenvalue weighted by Gasteiger charge is 2.43. The van der Waals surface area contributed by atoms with E-state index in [-0.39, 0.29) is 18.7 Å². The Bertz CT molecular complexity index is 755. The Kier molecular flexibility index (Phi) is 4.53. The molecule has 1 fully saturated rings. The van der Waals surface area contributed by atoms with Gasteiger partial charge in [-0.3, -0.25) is 15.0 Å². The predicted octanol–water partition coefficient (Wildman–Crippen LogP) is 3.35. The van der Waals surface area contributed by atoms with Crippen LogP contribution in [-0.4, -0.2) is 29.0 Å². The number of rotatable bonds is 4. The summed E-state index contributed by atoms with van der Waals surface area (Å²) in [5.74, 6) is -4.27. The molecule has 3 rings (SSSR count). The first-order valence-electron chi connectivity index (χ1n) is 7.50. The van der Waals surface area contributed by atoms with Gasteiger partial charge in [0.2, 0.25) is 6.04 Å². The molecule has 0 aromatic heterocycles. The highest BCUT2D eigenvalue weighted by Crippen LogP contribution is 2.33. The highest BCUT2D eigenvalue weighted by atomic mass is 19.2. The van der Waals surface area contributed by atoms with Crippen LogP contribution in [0.2, 0.25) is 0 Å². The number of hydrogen-bond donors (Lipinski definition) is 0. The maximum atomic E-state index is 14.0. The Morgan fingerprint density at radius 1 is 1.04 bits per heavy atom. The van der Waals surface area contributed by atoms with E-state index in [1.54, 1.807) is 0 Å². The van der Waals surface area contributed by atoms with Crippen molar-refractivity contribution in [1.82, 2.24) is 4.90 Å². The van der Waals surface area contributed by atoms with Crippen LogP contribution in [0.15, 0.2) is 42.5 Å². The summed E-state index contributed by atoms with van der Waals surface area (Å²) < 4.78 is 40.6. The van der Waals surface area contributed by atoms with E-state index in [9.17, 15) is 23.3 Å². The molecule has 0 amide bonds. The van der Waals surface area contributed by atoms with Crippen LogP contribution >= 0.6 is 0 Å². The second-order valence-electron chi connectivity index (χ2n) is 5.93. The molecule has 0 radical (unpaired) electrons. The van der Waals surface area contributed by atoms with Gasteiger partial charge in [-0.15, -0.1) is 0 Å². The van der Waals surface area contributed by atoms with Crippen LogP contribution in [0.25, 0.3) is 0 Å². The first kappa shape index (κ1) is 16.4. The molecule has 2 atom stereocenters. The maximum absolute atomic E-state index is 14.0. The third-order valence-electron chi connectivity index (χ3n) is 4.32. The van der Waals surface area contributed by atoms with E-state index in [1.165, 1.54) is 0 Å². The SMILES string of the molecule is O=[N+]([O-])[C@H]1CN(Cc2ccccc2)C[C@@H]1c1cc(F)c(F)cc1F. The zero-order chi connectivity index (χ0) is 17.3. The molecule has 7 heteroatoms. The van der Waals surface area contributed by atoms with Crippen LogP contribution < -0.4 is 0 Å². The van der Waals surface area contributed by atoms with Crippen LogP contribution in [-0.2, 0) is 6.54 Å². The fourth-order valence-electron chi connectivity index (χ4n) is 3.18. The molecule has 0 unspecified atom stereocenters. The number of benzene rings is 2. The molecule has 1 saturated heterocycles. The summed E-state index contributed by atoms with van der Waals surface area (Å²) in [6.45, 7) is 0.820. The number of likely N-dealkylation sites (tertiary alicyclic amines) is 1. The maximum Gasteiger partial charge on any atom is 0.233 e. The molecule has 0 N–H and O–H groups in total.